The maximum atomic E-state index is 13.9. The van der Waals surface area contributed by atoms with Crippen molar-refractivity contribution < 1.29 is 22.0 Å². The van der Waals surface area contributed by atoms with Crippen LogP contribution in [-0.4, -0.2) is 31.7 Å². The molecule has 1 aliphatic heterocycles. The highest BCUT2D eigenvalue weighted by molar-refractivity contribution is 7.89. The van der Waals surface area contributed by atoms with Crippen LogP contribution in [0.3, 0.4) is 0 Å². The number of halogens is 4. The van der Waals surface area contributed by atoms with Gasteiger partial charge in [0.15, 0.2) is 0 Å². The maximum Gasteiger partial charge on any atom is 0.245 e. The first-order chi connectivity index (χ1) is 14.1. The van der Waals surface area contributed by atoms with E-state index in [1.54, 1.807) is 25.1 Å². The first kappa shape index (κ1) is 22.9. The Bertz CT molecular complexity index is 1060. The van der Waals surface area contributed by atoms with E-state index < -0.39 is 26.6 Å². The van der Waals surface area contributed by atoms with Crippen LogP contribution in [0.25, 0.3) is 0 Å². The molecule has 2 aromatic rings. The fraction of sp³-hybridized carbons (Fsp3) is 0.350. The second kappa shape index (κ2) is 9.18. The van der Waals surface area contributed by atoms with Crippen molar-refractivity contribution in [2.75, 3.05) is 13.1 Å². The number of nitrogens with one attached hydrogen (secondary N) is 1. The summed E-state index contributed by atoms with van der Waals surface area (Å²) in [4.78, 5) is 12.1. The number of rotatable bonds is 5. The minimum absolute atomic E-state index is 0.0628. The van der Waals surface area contributed by atoms with E-state index in [9.17, 15) is 22.0 Å². The van der Waals surface area contributed by atoms with Crippen LogP contribution in [0.1, 0.15) is 31.4 Å². The number of nitrogens with zero attached hydrogens (tertiary/aromatic N) is 1. The normalized spacial score (nSPS) is 17.0. The SMILES string of the molecule is C[C@@H](NC(=O)C1CCN(S(=O)(=O)c2ccc(F)cc2F)CC1)c1ccc(Cl)cc1Cl. The molecule has 162 valence electrons. The van der Waals surface area contributed by atoms with Crippen molar-refractivity contribution in [3.05, 3.63) is 63.6 Å². The summed E-state index contributed by atoms with van der Waals surface area (Å²) in [6, 6.07) is 7.02. The van der Waals surface area contributed by atoms with Gasteiger partial charge in [0.05, 0.1) is 6.04 Å². The highest BCUT2D eigenvalue weighted by Gasteiger charge is 2.34. The zero-order chi connectivity index (χ0) is 22.1. The zero-order valence-electron chi connectivity index (χ0n) is 16.0. The molecular formula is C20H20Cl2F2N2O3S. The van der Waals surface area contributed by atoms with E-state index in [0.717, 1.165) is 22.0 Å². The Morgan fingerprint density at radius 2 is 1.80 bits per heavy atom. The molecule has 30 heavy (non-hydrogen) atoms. The van der Waals surface area contributed by atoms with Crippen LogP contribution in [-0.2, 0) is 14.8 Å². The first-order valence-corrected chi connectivity index (χ1v) is 11.5. The van der Waals surface area contributed by atoms with Gasteiger partial charge in [-0.1, -0.05) is 29.3 Å². The van der Waals surface area contributed by atoms with Crippen molar-refractivity contribution >= 4 is 39.1 Å². The molecule has 0 aromatic heterocycles. The van der Waals surface area contributed by atoms with Crippen molar-refractivity contribution in [2.45, 2.75) is 30.7 Å². The van der Waals surface area contributed by atoms with Crippen LogP contribution < -0.4 is 5.32 Å². The molecule has 1 fully saturated rings. The highest BCUT2D eigenvalue weighted by atomic mass is 35.5. The third-order valence-corrected chi connectivity index (χ3v) is 7.62. The molecule has 1 atom stereocenters. The molecule has 1 aliphatic rings. The van der Waals surface area contributed by atoms with Crippen molar-refractivity contribution in [2.24, 2.45) is 5.92 Å². The molecule has 1 N–H and O–H groups in total. The third kappa shape index (κ3) is 4.94. The molecule has 0 aliphatic carbocycles. The summed E-state index contributed by atoms with van der Waals surface area (Å²) in [5.41, 5.74) is 0.723. The van der Waals surface area contributed by atoms with Crippen molar-refractivity contribution in [1.82, 2.24) is 9.62 Å². The molecular weight excluding hydrogens is 457 g/mol. The molecule has 2 aromatic carbocycles. The summed E-state index contributed by atoms with van der Waals surface area (Å²) >= 11 is 12.1. The fourth-order valence-corrected chi connectivity index (χ4v) is 5.53. The maximum absolute atomic E-state index is 13.9. The van der Waals surface area contributed by atoms with Crippen molar-refractivity contribution in [3.8, 4) is 0 Å². The van der Waals surface area contributed by atoms with E-state index in [4.69, 9.17) is 23.2 Å². The van der Waals surface area contributed by atoms with Crippen LogP contribution in [0, 0.1) is 17.6 Å². The average molecular weight is 477 g/mol. The Morgan fingerprint density at radius 1 is 1.13 bits per heavy atom. The highest BCUT2D eigenvalue weighted by Crippen LogP contribution is 2.28. The van der Waals surface area contributed by atoms with Gasteiger partial charge in [-0.05, 0) is 49.6 Å². The van der Waals surface area contributed by atoms with Gasteiger partial charge < -0.3 is 5.32 Å². The lowest BCUT2D eigenvalue weighted by molar-refractivity contribution is -0.126. The minimum Gasteiger partial charge on any atom is -0.349 e. The topological polar surface area (TPSA) is 66.5 Å². The molecule has 0 spiro atoms. The lowest BCUT2D eigenvalue weighted by atomic mass is 9.96. The van der Waals surface area contributed by atoms with E-state index in [1.165, 1.54) is 0 Å². The zero-order valence-corrected chi connectivity index (χ0v) is 18.4. The Balaban J connectivity index is 1.62. The standard InChI is InChI=1S/C20H20Cl2F2N2O3S/c1-12(16-4-2-14(21)10-17(16)22)25-20(27)13-6-8-26(9-7-13)30(28,29)19-5-3-15(23)11-18(19)24/h2-5,10-13H,6-9H2,1H3,(H,25,27)/t12-/m1/s1. The quantitative estimate of drug-likeness (QED) is 0.688. The largest absolute Gasteiger partial charge is 0.349 e. The van der Waals surface area contributed by atoms with Gasteiger partial charge in [0, 0.05) is 35.1 Å². The van der Waals surface area contributed by atoms with E-state index in [1.807, 2.05) is 0 Å². The van der Waals surface area contributed by atoms with Crippen molar-refractivity contribution in [3.63, 3.8) is 0 Å². The lowest BCUT2D eigenvalue weighted by Crippen LogP contribution is -2.43. The lowest BCUT2D eigenvalue weighted by Gasteiger charge is -2.31. The van der Waals surface area contributed by atoms with Crippen molar-refractivity contribution in [1.29, 1.82) is 0 Å². The van der Waals surface area contributed by atoms with E-state index in [2.05, 4.69) is 5.32 Å². The molecule has 0 bridgehead atoms. The molecule has 0 saturated carbocycles. The Labute approximate surface area is 184 Å². The number of hydrogen-bond acceptors (Lipinski definition) is 3. The predicted molar refractivity (Wildman–Crippen MR) is 111 cm³/mol. The average Bonchev–Trinajstić information content (AvgIpc) is 2.67. The molecule has 5 nitrogen and oxygen atoms in total. The van der Waals surface area contributed by atoms with Crippen LogP contribution in [0.2, 0.25) is 10.0 Å². The first-order valence-electron chi connectivity index (χ1n) is 9.30. The summed E-state index contributed by atoms with van der Waals surface area (Å²) in [6.45, 7) is 1.92. The predicted octanol–water partition coefficient (Wildman–Crippen LogP) is 4.55. The number of piperidine rings is 1. The van der Waals surface area contributed by atoms with Gasteiger partial charge in [0.1, 0.15) is 16.5 Å². The van der Waals surface area contributed by atoms with E-state index in [0.29, 0.717) is 16.1 Å². The summed E-state index contributed by atoms with van der Waals surface area (Å²) in [6.07, 6.45) is 0.573. The van der Waals surface area contributed by atoms with Crippen LogP contribution in [0.4, 0.5) is 8.78 Å². The van der Waals surface area contributed by atoms with Gasteiger partial charge in [-0.3, -0.25) is 4.79 Å². The van der Waals surface area contributed by atoms with Crippen LogP contribution >= 0.6 is 23.2 Å². The number of sulfonamides is 1. The van der Waals surface area contributed by atoms with Gasteiger partial charge >= 0.3 is 0 Å². The number of hydrogen-bond donors (Lipinski definition) is 1. The van der Waals surface area contributed by atoms with E-state index >= 15 is 0 Å². The molecule has 0 unspecified atom stereocenters. The molecule has 1 saturated heterocycles. The monoisotopic (exact) mass is 476 g/mol. The Kier molecular flexibility index (Phi) is 7.02. The second-order valence-electron chi connectivity index (χ2n) is 7.15. The van der Waals surface area contributed by atoms with Gasteiger partial charge in [0.25, 0.3) is 0 Å². The number of carbonyl (C=O) groups excluding carboxylic acids is 1. The number of carbonyl (C=O) groups is 1. The summed E-state index contributed by atoms with van der Waals surface area (Å²) in [5, 5.41) is 3.83. The Morgan fingerprint density at radius 3 is 2.40 bits per heavy atom. The summed E-state index contributed by atoms with van der Waals surface area (Å²) in [7, 11) is -4.10. The second-order valence-corrected chi connectivity index (χ2v) is 9.90. The van der Waals surface area contributed by atoms with Gasteiger partial charge in [-0.25, -0.2) is 17.2 Å². The Hall–Kier alpha value is -1.74. The smallest absolute Gasteiger partial charge is 0.245 e. The number of amides is 1. The van der Waals surface area contributed by atoms with E-state index in [-0.39, 0.29) is 43.8 Å². The molecule has 10 heteroatoms. The van der Waals surface area contributed by atoms with Gasteiger partial charge in [-0.2, -0.15) is 4.31 Å². The number of benzene rings is 2. The molecule has 3 rings (SSSR count). The summed E-state index contributed by atoms with van der Waals surface area (Å²) in [5.74, 6) is -2.58. The molecule has 1 amide bonds. The van der Waals surface area contributed by atoms with Crippen LogP contribution in [0.5, 0.6) is 0 Å². The van der Waals surface area contributed by atoms with Gasteiger partial charge in [0.2, 0.25) is 15.9 Å². The van der Waals surface area contributed by atoms with Gasteiger partial charge in [-0.15, -0.1) is 0 Å². The molecule has 1 heterocycles. The molecule has 0 radical (unpaired) electrons. The fourth-order valence-electron chi connectivity index (χ4n) is 3.44. The summed E-state index contributed by atoms with van der Waals surface area (Å²) < 4.78 is 53.5. The van der Waals surface area contributed by atoms with Crippen LogP contribution in [0.15, 0.2) is 41.3 Å². The minimum atomic E-state index is -4.10. The third-order valence-electron chi connectivity index (χ3n) is 5.12.